The molecule has 4 nitrogen and oxygen atoms in total. The molecular formula is C24H33NO3. The maximum Gasteiger partial charge on any atom is 0.219 e. The number of benzene rings is 2. The van der Waals surface area contributed by atoms with Gasteiger partial charge >= 0.3 is 0 Å². The zero-order valence-corrected chi connectivity index (χ0v) is 17.4. The van der Waals surface area contributed by atoms with Crippen LogP contribution >= 0.6 is 0 Å². The van der Waals surface area contributed by atoms with E-state index in [-0.39, 0.29) is 11.7 Å². The Balaban J connectivity index is 2.19. The second-order valence-corrected chi connectivity index (χ2v) is 7.63. The minimum Gasteiger partial charge on any atom is -0.508 e. The van der Waals surface area contributed by atoms with E-state index in [0.29, 0.717) is 17.6 Å². The van der Waals surface area contributed by atoms with Crippen molar-refractivity contribution in [2.24, 2.45) is 5.92 Å². The quantitative estimate of drug-likeness (QED) is 0.395. The van der Waals surface area contributed by atoms with Crippen LogP contribution in [0.4, 0.5) is 0 Å². The van der Waals surface area contributed by atoms with Gasteiger partial charge in [0.15, 0.2) is 6.23 Å². The van der Waals surface area contributed by atoms with Gasteiger partial charge in [0.25, 0.3) is 0 Å². The zero-order chi connectivity index (χ0) is 20.5. The number of nitrogens with one attached hydrogen (secondary N) is 1. The number of unbranched alkanes of at least 4 members (excludes halogenated alkanes) is 2. The van der Waals surface area contributed by atoms with Crippen molar-refractivity contribution < 1.29 is 14.6 Å². The fourth-order valence-corrected chi connectivity index (χ4v) is 3.36. The van der Waals surface area contributed by atoms with E-state index in [1.54, 1.807) is 6.07 Å². The molecule has 0 heterocycles. The molecule has 0 aliphatic carbocycles. The van der Waals surface area contributed by atoms with Gasteiger partial charge in [-0.15, -0.1) is 0 Å². The summed E-state index contributed by atoms with van der Waals surface area (Å²) in [4.78, 5) is 11.6. The summed E-state index contributed by atoms with van der Waals surface area (Å²) in [6.07, 6.45) is 4.25. The van der Waals surface area contributed by atoms with Crippen LogP contribution in [0.25, 0.3) is 0 Å². The van der Waals surface area contributed by atoms with Gasteiger partial charge in [-0.2, -0.15) is 0 Å². The van der Waals surface area contributed by atoms with Crippen LogP contribution in [-0.4, -0.2) is 11.0 Å². The molecule has 152 valence electrons. The van der Waals surface area contributed by atoms with Crippen LogP contribution in [0.5, 0.6) is 11.5 Å². The molecule has 0 saturated heterocycles. The van der Waals surface area contributed by atoms with Crippen LogP contribution in [0.1, 0.15) is 76.7 Å². The average Bonchev–Trinajstić information content (AvgIpc) is 2.67. The Labute approximate surface area is 168 Å². The minimum absolute atomic E-state index is 0.174. The molecule has 2 N–H and O–H groups in total. The second kappa shape index (κ2) is 10.7. The molecule has 0 aliphatic heterocycles. The Kier molecular flexibility index (Phi) is 8.37. The van der Waals surface area contributed by atoms with Gasteiger partial charge in [-0.25, -0.2) is 0 Å². The Morgan fingerprint density at radius 2 is 1.79 bits per heavy atom. The van der Waals surface area contributed by atoms with Gasteiger partial charge in [-0.1, -0.05) is 76.8 Å². The number of aromatic hydroxyl groups is 1. The third kappa shape index (κ3) is 6.59. The predicted molar refractivity (Wildman–Crippen MR) is 113 cm³/mol. The zero-order valence-electron chi connectivity index (χ0n) is 17.4. The van der Waals surface area contributed by atoms with Crippen molar-refractivity contribution in [1.29, 1.82) is 0 Å². The monoisotopic (exact) mass is 383 g/mol. The van der Waals surface area contributed by atoms with E-state index in [0.717, 1.165) is 11.1 Å². The number of rotatable bonds is 10. The maximum atomic E-state index is 11.6. The van der Waals surface area contributed by atoms with Crippen molar-refractivity contribution >= 4 is 5.91 Å². The molecule has 3 unspecified atom stereocenters. The summed E-state index contributed by atoms with van der Waals surface area (Å²) in [5.74, 6) is 1.37. The van der Waals surface area contributed by atoms with Crippen LogP contribution in [0.2, 0.25) is 0 Å². The second-order valence-electron chi connectivity index (χ2n) is 7.63. The molecule has 0 fully saturated rings. The van der Waals surface area contributed by atoms with Gasteiger partial charge in [-0.3, -0.25) is 4.79 Å². The Bertz CT molecular complexity index is 745. The number of phenolic OH excluding ortho intramolecular Hbond substituents is 1. The molecule has 28 heavy (non-hydrogen) atoms. The first-order valence-corrected chi connectivity index (χ1v) is 10.2. The standard InChI is InChI=1S/C24H33NO3/c1-5-6-8-11-17(2)18(3)21-14-22(27)16-23(15-21)28-24(25-19(4)26)20-12-9-7-10-13-20/h7,9-10,12-18,24,27H,5-6,8,11H2,1-4H3,(H,25,26). The van der Waals surface area contributed by atoms with Crippen molar-refractivity contribution in [3.05, 3.63) is 59.7 Å². The number of hydrogen-bond acceptors (Lipinski definition) is 3. The lowest BCUT2D eigenvalue weighted by Crippen LogP contribution is -2.30. The van der Waals surface area contributed by atoms with Crippen LogP contribution in [-0.2, 0) is 4.79 Å². The summed E-state index contributed by atoms with van der Waals surface area (Å²) in [5, 5.41) is 13.1. The normalized spacial score (nSPS) is 14.1. The smallest absolute Gasteiger partial charge is 0.219 e. The van der Waals surface area contributed by atoms with E-state index >= 15 is 0 Å². The van der Waals surface area contributed by atoms with Crippen LogP contribution in [0.3, 0.4) is 0 Å². The lowest BCUT2D eigenvalue weighted by molar-refractivity contribution is -0.121. The molecule has 2 aromatic carbocycles. The number of amides is 1. The average molecular weight is 384 g/mol. The molecule has 4 heteroatoms. The van der Waals surface area contributed by atoms with Crippen LogP contribution in [0, 0.1) is 5.92 Å². The van der Waals surface area contributed by atoms with E-state index in [2.05, 4.69) is 26.1 Å². The van der Waals surface area contributed by atoms with Gasteiger partial charge < -0.3 is 15.2 Å². The first kappa shape index (κ1) is 21.8. The highest BCUT2D eigenvalue weighted by Gasteiger charge is 2.18. The number of ether oxygens (including phenoxy) is 1. The summed E-state index contributed by atoms with van der Waals surface area (Å²) in [6, 6.07) is 14.9. The largest absolute Gasteiger partial charge is 0.508 e. The summed E-state index contributed by atoms with van der Waals surface area (Å²) >= 11 is 0. The minimum atomic E-state index is -0.606. The summed E-state index contributed by atoms with van der Waals surface area (Å²) < 4.78 is 6.07. The molecule has 0 radical (unpaired) electrons. The highest BCUT2D eigenvalue weighted by atomic mass is 16.5. The summed E-state index contributed by atoms with van der Waals surface area (Å²) in [6.45, 7) is 8.13. The Morgan fingerprint density at radius 1 is 1.07 bits per heavy atom. The molecule has 0 aromatic heterocycles. The number of hydrogen-bond donors (Lipinski definition) is 2. The van der Waals surface area contributed by atoms with E-state index in [1.807, 2.05) is 42.5 Å². The predicted octanol–water partition coefficient (Wildman–Crippen LogP) is 5.93. The van der Waals surface area contributed by atoms with E-state index < -0.39 is 6.23 Å². The fraction of sp³-hybridized carbons (Fsp3) is 0.458. The lowest BCUT2D eigenvalue weighted by Gasteiger charge is -2.23. The molecule has 0 spiro atoms. The molecule has 1 amide bonds. The van der Waals surface area contributed by atoms with Crippen molar-refractivity contribution in [3.63, 3.8) is 0 Å². The molecule has 0 aliphatic rings. The van der Waals surface area contributed by atoms with Crippen molar-refractivity contribution in [2.45, 2.75) is 65.5 Å². The van der Waals surface area contributed by atoms with Gasteiger partial charge in [-0.05, 0) is 29.5 Å². The van der Waals surface area contributed by atoms with Gasteiger partial charge in [0.2, 0.25) is 5.91 Å². The van der Waals surface area contributed by atoms with E-state index in [9.17, 15) is 9.90 Å². The molecule has 0 saturated carbocycles. The number of phenols is 1. The molecule has 2 rings (SSSR count). The highest BCUT2D eigenvalue weighted by Crippen LogP contribution is 2.34. The van der Waals surface area contributed by atoms with Crippen molar-refractivity contribution in [2.75, 3.05) is 0 Å². The van der Waals surface area contributed by atoms with Gasteiger partial charge in [0.05, 0.1) is 0 Å². The van der Waals surface area contributed by atoms with Crippen LogP contribution in [0.15, 0.2) is 48.5 Å². The molecular weight excluding hydrogens is 350 g/mol. The van der Waals surface area contributed by atoms with E-state index in [1.165, 1.54) is 32.6 Å². The topological polar surface area (TPSA) is 58.6 Å². The summed E-state index contributed by atoms with van der Waals surface area (Å²) in [7, 11) is 0. The Morgan fingerprint density at radius 3 is 2.43 bits per heavy atom. The molecule has 3 atom stereocenters. The summed E-state index contributed by atoms with van der Waals surface area (Å²) in [5.41, 5.74) is 1.90. The van der Waals surface area contributed by atoms with Gasteiger partial charge in [0, 0.05) is 18.6 Å². The van der Waals surface area contributed by atoms with Crippen LogP contribution < -0.4 is 10.1 Å². The van der Waals surface area contributed by atoms with Gasteiger partial charge in [0.1, 0.15) is 11.5 Å². The number of carbonyl (C=O) groups excluding carboxylic acids is 1. The SMILES string of the molecule is CCCCCC(C)C(C)c1cc(O)cc(OC(NC(C)=O)c2ccccc2)c1. The number of carbonyl (C=O) groups is 1. The third-order valence-corrected chi connectivity index (χ3v) is 5.25. The van der Waals surface area contributed by atoms with Crippen molar-refractivity contribution in [1.82, 2.24) is 5.32 Å². The Hall–Kier alpha value is -2.49. The maximum absolute atomic E-state index is 11.6. The molecule has 0 bridgehead atoms. The first-order valence-electron chi connectivity index (χ1n) is 10.2. The van der Waals surface area contributed by atoms with E-state index in [4.69, 9.17) is 4.74 Å². The fourth-order valence-electron chi connectivity index (χ4n) is 3.36. The first-order chi connectivity index (χ1) is 13.4. The third-order valence-electron chi connectivity index (χ3n) is 5.25. The molecule has 2 aromatic rings. The van der Waals surface area contributed by atoms with Crippen molar-refractivity contribution in [3.8, 4) is 11.5 Å². The highest BCUT2D eigenvalue weighted by molar-refractivity contribution is 5.73. The lowest BCUT2D eigenvalue weighted by atomic mass is 9.85.